The highest BCUT2D eigenvalue weighted by molar-refractivity contribution is 8.00. The van der Waals surface area contributed by atoms with Gasteiger partial charge in [-0.2, -0.15) is 0 Å². The first-order valence-electron chi connectivity index (χ1n) is 3.61. The minimum absolute atomic E-state index is 0.203. The molecule has 0 aromatic rings. The Hall–Kier alpha value is 0.270. The molecule has 2 nitrogen and oxygen atoms in total. The zero-order valence-corrected chi connectivity index (χ0v) is 7.23. The van der Waals surface area contributed by atoms with Gasteiger partial charge >= 0.3 is 0 Å². The average molecular weight is 162 g/mol. The van der Waals surface area contributed by atoms with Crippen LogP contribution in [-0.2, 0) is 4.74 Å². The molecule has 1 fully saturated rings. The summed E-state index contributed by atoms with van der Waals surface area (Å²) in [4.78, 5) is 0. The summed E-state index contributed by atoms with van der Waals surface area (Å²) < 4.78 is 5.01. The Kier molecular flexibility index (Phi) is 3.01. The van der Waals surface area contributed by atoms with Crippen LogP contribution in [-0.4, -0.2) is 34.9 Å². The normalized spacial score (nSPS) is 25.5. The van der Waals surface area contributed by atoms with Crippen LogP contribution < -0.4 is 0 Å². The van der Waals surface area contributed by atoms with Crippen molar-refractivity contribution in [3.8, 4) is 0 Å². The average Bonchev–Trinajstić information content (AvgIpc) is 1.77. The molecule has 0 amide bonds. The second-order valence-corrected chi connectivity index (χ2v) is 4.42. The van der Waals surface area contributed by atoms with E-state index < -0.39 is 0 Å². The molecule has 2 unspecified atom stereocenters. The highest BCUT2D eigenvalue weighted by atomic mass is 32.2. The Labute approximate surface area is 66.0 Å². The molecule has 1 saturated heterocycles. The van der Waals surface area contributed by atoms with Crippen molar-refractivity contribution in [3.63, 3.8) is 0 Å². The summed E-state index contributed by atoms with van der Waals surface area (Å²) in [7, 11) is 0. The van der Waals surface area contributed by atoms with Crippen LogP contribution in [0.5, 0.6) is 0 Å². The van der Waals surface area contributed by atoms with Gasteiger partial charge in [0.25, 0.3) is 0 Å². The molecule has 1 rings (SSSR count). The number of hydrogen-bond acceptors (Lipinski definition) is 3. The van der Waals surface area contributed by atoms with E-state index in [2.05, 4.69) is 0 Å². The highest BCUT2D eigenvalue weighted by Gasteiger charge is 2.23. The zero-order valence-electron chi connectivity index (χ0n) is 6.41. The van der Waals surface area contributed by atoms with Gasteiger partial charge in [0.1, 0.15) is 0 Å². The van der Waals surface area contributed by atoms with E-state index in [-0.39, 0.29) is 6.10 Å². The molecule has 0 radical (unpaired) electrons. The van der Waals surface area contributed by atoms with Crippen molar-refractivity contribution in [2.45, 2.75) is 30.5 Å². The topological polar surface area (TPSA) is 29.5 Å². The summed E-state index contributed by atoms with van der Waals surface area (Å²) in [6.07, 6.45) is -0.203. The van der Waals surface area contributed by atoms with E-state index in [0.717, 1.165) is 13.2 Å². The minimum Gasteiger partial charge on any atom is -0.392 e. The van der Waals surface area contributed by atoms with E-state index >= 15 is 0 Å². The second kappa shape index (κ2) is 3.60. The van der Waals surface area contributed by atoms with Crippen LogP contribution in [0.4, 0.5) is 0 Å². The standard InChI is InChI=1S/C7H14O2S/c1-5(8)6(2)10-7-3-9-4-7/h5-8H,3-4H2,1-2H3. The Balaban J connectivity index is 2.10. The van der Waals surface area contributed by atoms with Crippen molar-refractivity contribution in [3.05, 3.63) is 0 Å². The summed E-state index contributed by atoms with van der Waals surface area (Å²) in [5.41, 5.74) is 0. The Morgan fingerprint density at radius 3 is 2.40 bits per heavy atom. The third-order valence-electron chi connectivity index (χ3n) is 1.69. The second-order valence-electron chi connectivity index (χ2n) is 2.74. The van der Waals surface area contributed by atoms with Crippen molar-refractivity contribution < 1.29 is 9.84 Å². The molecule has 1 aliphatic heterocycles. The molecule has 0 spiro atoms. The lowest BCUT2D eigenvalue weighted by Crippen LogP contribution is -2.33. The van der Waals surface area contributed by atoms with Crippen LogP contribution in [0, 0.1) is 0 Å². The number of aliphatic hydroxyl groups excluding tert-OH is 1. The quantitative estimate of drug-likeness (QED) is 0.668. The fourth-order valence-electron chi connectivity index (χ4n) is 0.710. The van der Waals surface area contributed by atoms with Crippen molar-refractivity contribution in [1.29, 1.82) is 0 Å². The first kappa shape index (κ1) is 8.37. The van der Waals surface area contributed by atoms with Gasteiger partial charge < -0.3 is 9.84 Å². The van der Waals surface area contributed by atoms with E-state index in [0.29, 0.717) is 10.5 Å². The minimum atomic E-state index is -0.203. The maximum absolute atomic E-state index is 9.13. The zero-order chi connectivity index (χ0) is 7.56. The van der Waals surface area contributed by atoms with Crippen LogP contribution >= 0.6 is 11.8 Å². The maximum Gasteiger partial charge on any atom is 0.0628 e. The number of thioether (sulfide) groups is 1. The first-order valence-corrected chi connectivity index (χ1v) is 4.55. The first-order chi connectivity index (χ1) is 4.70. The van der Waals surface area contributed by atoms with Gasteiger partial charge in [-0.15, -0.1) is 11.8 Å². The van der Waals surface area contributed by atoms with E-state index in [1.165, 1.54) is 0 Å². The van der Waals surface area contributed by atoms with Gasteiger partial charge in [0.05, 0.1) is 24.6 Å². The van der Waals surface area contributed by atoms with Crippen molar-refractivity contribution in [1.82, 2.24) is 0 Å². The van der Waals surface area contributed by atoms with E-state index in [1.54, 1.807) is 0 Å². The molecule has 0 bridgehead atoms. The van der Waals surface area contributed by atoms with Crippen LogP contribution in [0.1, 0.15) is 13.8 Å². The van der Waals surface area contributed by atoms with Gasteiger partial charge in [-0.3, -0.25) is 0 Å². The monoisotopic (exact) mass is 162 g/mol. The summed E-state index contributed by atoms with van der Waals surface area (Å²) in [6.45, 7) is 5.61. The van der Waals surface area contributed by atoms with Gasteiger partial charge in [-0.1, -0.05) is 6.92 Å². The van der Waals surface area contributed by atoms with Crippen LogP contribution in [0.25, 0.3) is 0 Å². The van der Waals surface area contributed by atoms with Gasteiger partial charge in [0.15, 0.2) is 0 Å². The van der Waals surface area contributed by atoms with Gasteiger partial charge in [0.2, 0.25) is 0 Å². The van der Waals surface area contributed by atoms with Crippen LogP contribution in [0.15, 0.2) is 0 Å². The number of ether oxygens (including phenoxy) is 1. The van der Waals surface area contributed by atoms with E-state index in [1.807, 2.05) is 25.6 Å². The van der Waals surface area contributed by atoms with Gasteiger partial charge in [-0.25, -0.2) is 0 Å². The molecule has 60 valence electrons. The van der Waals surface area contributed by atoms with Gasteiger partial charge in [0, 0.05) is 5.25 Å². The lowest BCUT2D eigenvalue weighted by molar-refractivity contribution is 0.0449. The maximum atomic E-state index is 9.13. The molecule has 2 atom stereocenters. The van der Waals surface area contributed by atoms with E-state index in [9.17, 15) is 0 Å². The molecule has 0 saturated carbocycles. The summed E-state index contributed by atoms with van der Waals surface area (Å²) in [5.74, 6) is 0. The lowest BCUT2D eigenvalue weighted by Gasteiger charge is -2.28. The Morgan fingerprint density at radius 1 is 1.50 bits per heavy atom. The Morgan fingerprint density at radius 2 is 2.10 bits per heavy atom. The number of aliphatic hydroxyl groups is 1. The molecular formula is C7H14O2S. The number of rotatable bonds is 3. The predicted octanol–water partition coefficient (Wildman–Crippen LogP) is 0.888. The highest BCUT2D eigenvalue weighted by Crippen LogP contribution is 2.25. The summed E-state index contributed by atoms with van der Waals surface area (Å²) in [6, 6.07) is 0. The van der Waals surface area contributed by atoms with Crippen molar-refractivity contribution in [2.24, 2.45) is 0 Å². The third kappa shape index (κ3) is 2.15. The van der Waals surface area contributed by atoms with Crippen LogP contribution in [0.3, 0.4) is 0 Å². The molecule has 0 aliphatic carbocycles. The SMILES string of the molecule is CC(O)C(C)SC1COC1. The smallest absolute Gasteiger partial charge is 0.0628 e. The predicted molar refractivity (Wildman–Crippen MR) is 43.3 cm³/mol. The molecule has 1 N–H and O–H groups in total. The molecule has 1 aliphatic rings. The van der Waals surface area contributed by atoms with Crippen molar-refractivity contribution >= 4 is 11.8 Å². The third-order valence-corrected chi connectivity index (χ3v) is 3.17. The van der Waals surface area contributed by atoms with Crippen LogP contribution in [0.2, 0.25) is 0 Å². The van der Waals surface area contributed by atoms with Crippen molar-refractivity contribution in [2.75, 3.05) is 13.2 Å². The van der Waals surface area contributed by atoms with Gasteiger partial charge in [-0.05, 0) is 6.92 Å². The fourth-order valence-corrected chi connectivity index (χ4v) is 1.89. The molecular weight excluding hydrogens is 148 g/mol. The summed E-state index contributed by atoms with van der Waals surface area (Å²) in [5, 5.41) is 10.1. The number of hydrogen-bond donors (Lipinski definition) is 1. The fraction of sp³-hybridized carbons (Fsp3) is 1.00. The largest absolute Gasteiger partial charge is 0.392 e. The lowest BCUT2D eigenvalue weighted by atomic mass is 10.3. The molecule has 3 heteroatoms. The molecule has 1 heterocycles. The summed E-state index contributed by atoms with van der Waals surface area (Å²) >= 11 is 1.82. The molecule has 0 aromatic carbocycles. The molecule has 10 heavy (non-hydrogen) atoms. The molecule has 0 aromatic heterocycles. The Bertz CT molecular complexity index is 102. The van der Waals surface area contributed by atoms with E-state index in [4.69, 9.17) is 9.84 Å².